The molecule has 0 spiro atoms. The number of hydrogen-bond acceptors (Lipinski definition) is 2. The van der Waals surface area contributed by atoms with Gasteiger partial charge in [-0.15, -0.1) is 0 Å². The van der Waals surface area contributed by atoms with Gasteiger partial charge in [-0.3, -0.25) is 0 Å². The van der Waals surface area contributed by atoms with E-state index in [-0.39, 0.29) is 0 Å². The molecule has 1 N–H and O–H groups in total. The molecule has 1 saturated heterocycles. The second-order valence-corrected chi connectivity index (χ2v) is 4.45. The summed E-state index contributed by atoms with van der Waals surface area (Å²) in [4.78, 5) is 0. The number of fused-ring (bicyclic) bond motifs is 3. The predicted octanol–water partition coefficient (Wildman–Crippen LogP) is 1.83. The molecule has 0 aliphatic carbocycles. The molecule has 3 rings (SSSR count). The molecule has 2 nitrogen and oxygen atoms in total. The van der Waals surface area contributed by atoms with Gasteiger partial charge in [0.1, 0.15) is 0 Å². The van der Waals surface area contributed by atoms with Gasteiger partial charge in [0.25, 0.3) is 0 Å². The third-order valence-corrected chi connectivity index (χ3v) is 3.69. The summed E-state index contributed by atoms with van der Waals surface area (Å²) in [7, 11) is 0. The predicted molar refractivity (Wildman–Crippen MR) is 60.0 cm³/mol. The van der Waals surface area contributed by atoms with E-state index < -0.39 is 0 Å². The van der Waals surface area contributed by atoms with Crippen molar-refractivity contribution in [2.45, 2.75) is 32.0 Å². The van der Waals surface area contributed by atoms with Gasteiger partial charge in [0.15, 0.2) is 0 Å². The van der Waals surface area contributed by atoms with Crippen molar-refractivity contribution in [2.24, 2.45) is 0 Å². The van der Waals surface area contributed by atoms with Crippen molar-refractivity contribution in [2.75, 3.05) is 13.1 Å². The number of nitrogens with one attached hydrogen (secondary N) is 1. The molecule has 1 fully saturated rings. The Labute approximate surface area is 90.6 Å². The van der Waals surface area contributed by atoms with E-state index in [0.717, 1.165) is 26.1 Å². The molecule has 2 heterocycles. The summed E-state index contributed by atoms with van der Waals surface area (Å²) in [5.41, 5.74) is 4.43. The highest BCUT2D eigenvalue weighted by atomic mass is 16.5. The quantitative estimate of drug-likeness (QED) is 0.752. The van der Waals surface area contributed by atoms with Gasteiger partial charge >= 0.3 is 0 Å². The van der Waals surface area contributed by atoms with Crippen molar-refractivity contribution in [1.82, 2.24) is 5.32 Å². The normalized spacial score (nSPS) is 28.6. The summed E-state index contributed by atoms with van der Waals surface area (Å²) in [5.74, 6) is 0.584. The Balaban J connectivity index is 2.07. The van der Waals surface area contributed by atoms with E-state index in [1.807, 2.05) is 0 Å². The van der Waals surface area contributed by atoms with Crippen molar-refractivity contribution in [3.8, 4) is 0 Å². The van der Waals surface area contributed by atoms with Gasteiger partial charge < -0.3 is 10.1 Å². The Bertz CT molecular complexity index is 375. The van der Waals surface area contributed by atoms with Gasteiger partial charge in [-0.1, -0.05) is 25.1 Å². The van der Waals surface area contributed by atoms with E-state index in [9.17, 15) is 0 Å². The highest BCUT2D eigenvalue weighted by Gasteiger charge is 2.34. The lowest BCUT2D eigenvalue weighted by atomic mass is 9.87. The van der Waals surface area contributed by atoms with Crippen LogP contribution in [0.25, 0.3) is 0 Å². The molecule has 80 valence electrons. The third kappa shape index (κ3) is 1.40. The molecule has 2 atom stereocenters. The van der Waals surface area contributed by atoms with Crippen LogP contribution >= 0.6 is 0 Å². The molecule has 1 unspecified atom stereocenters. The molecule has 0 amide bonds. The van der Waals surface area contributed by atoms with Crippen molar-refractivity contribution < 1.29 is 4.74 Å². The van der Waals surface area contributed by atoms with Crippen LogP contribution in [0.4, 0.5) is 0 Å². The minimum atomic E-state index is 0.407. The Hall–Kier alpha value is -0.860. The van der Waals surface area contributed by atoms with E-state index in [2.05, 4.69) is 30.4 Å². The van der Waals surface area contributed by atoms with Crippen LogP contribution < -0.4 is 5.32 Å². The van der Waals surface area contributed by atoms with Gasteiger partial charge in [0.2, 0.25) is 0 Å². The van der Waals surface area contributed by atoms with Crippen LogP contribution in [0.3, 0.4) is 0 Å². The van der Waals surface area contributed by atoms with Crippen LogP contribution in [-0.4, -0.2) is 19.2 Å². The molecule has 1 aromatic rings. The Morgan fingerprint density at radius 1 is 1.40 bits per heavy atom. The first-order valence-electron chi connectivity index (χ1n) is 5.83. The highest BCUT2D eigenvalue weighted by Crippen LogP contribution is 2.35. The lowest BCUT2D eigenvalue weighted by Crippen LogP contribution is -2.27. The summed E-state index contributed by atoms with van der Waals surface area (Å²) in [6.45, 7) is 5.11. The topological polar surface area (TPSA) is 21.3 Å². The summed E-state index contributed by atoms with van der Waals surface area (Å²) in [6.07, 6.45) is 1.52. The average Bonchev–Trinajstić information content (AvgIpc) is 2.76. The SMILES string of the molecule is CCc1cccc2c1COC1CNC[C@@H]21. The Kier molecular flexibility index (Phi) is 2.26. The fraction of sp³-hybridized carbons (Fsp3) is 0.538. The van der Waals surface area contributed by atoms with E-state index in [4.69, 9.17) is 4.74 Å². The largest absolute Gasteiger partial charge is 0.372 e. The third-order valence-electron chi connectivity index (χ3n) is 3.69. The van der Waals surface area contributed by atoms with E-state index in [0.29, 0.717) is 12.0 Å². The number of ether oxygens (including phenoxy) is 1. The maximum Gasteiger partial charge on any atom is 0.0784 e. The van der Waals surface area contributed by atoms with Crippen molar-refractivity contribution in [3.05, 3.63) is 34.9 Å². The highest BCUT2D eigenvalue weighted by molar-refractivity contribution is 5.40. The summed E-state index contributed by atoms with van der Waals surface area (Å²) in [5, 5.41) is 3.42. The van der Waals surface area contributed by atoms with Crippen molar-refractivity contribution >= 4 is 0 Å². The van der Waals surface area contributed by atoms with Crippen LogP contribution in [0, 0.1) is 0 Å². The monoisotopic (exact) mass is 203 g/mol. The average molecular weight is 203 g/mol. The standard InChI is InChI=1S/C13H17NO/c1-2-9-4-3-5-10-11-6-14-7-13(11)15-8-12(9)10/h3-5,11,13-14H,2,6-8H2,1H3/t11-,13?/m0/s1. The maximum absolute atomic E-state index is 5.91. The van der Waals surface area contributed by atoms with Gasteiger partial charge in [-0.05, 0) is 23.1 Å². The van der Waals surface area contributed by atoms with Crippen LogP contribution in [0.2, 0.25) is 0 Å². The first-order valence-corrected chi connectivity index (χ1v) is 5.83. The first-order chi connectivity index (χ1) is 7.40. The second kappa shape index (κ2) is 3.62. The summed E-state index contributed by atoms with van der Waals surface area (Å²) >= 11 is 0. The number of hydrogen-bond donors (Lipinski definition) is 1. The summed E-state index contributed by atoms with van der Waals surface area (Å²) in [6, 6.07) is 6.70. The molecule has 1 aromatic carbocycles. The van der Waals surface area contributed by atoms with E-state index in [1.165, 1.54) is 16.7 Å². The Morgan fingerprint density at radius 3 is 3.20 bits per heavy atom. The van der Waals surface area contributed by atoms with Crippen LogP contribution in [-0.2, 0) is 17.8 Å². The molecular weight excluding hydrogens is 186 g/mol. The smallest absolute Gasteiger partial charge is 0.0784 e. The number of rotatable bonds is 1. The zero-order chi connectivity index (χ0) is 10.3. The first kappa shape index (κ1) is 9.37. The minimum absolute atomic E-state index is 0.407. The molecule has 2 heteroatoms. The van der Waals surface area contributed by atoms with Gasteiger partial charge in [0.05, 0.1) is 12.7 Å². The summed E-state index contributed by atoms with van der Waals surface area (Å²) < 4.78 is 5.91. The zero-order valence-corrected chi connectivity index (χ0v) is 9.12. The number of benzene rings is 1. The Morgan fingerprint density at radius 2 is 2.33 bits per heavy atom. The molecule has 0 saturated carbocycles. The van der Waals surface area contributed by atoms with Crippen molar-refractivity contribution in [3.63, 3.8) is 0 Å². The lowest BCUT2D eigenvalue weighted by molar-refractivity contribution is 0.0294. The molecule has 0 bridgehead atoms. The van der Waals surface area contributed by atoms with Gasteiger partial charge in [-0.2, -0.15) is 0 Å². The fourth-order valence-corrected chi connectivity index (χ4v) is 2.84. The molecular formula is C13H17NO. The molecule has 2 aliphatic heterocycles. The van der Waals surface area contributed by atoms with Gasteiger partial charge in [0, 0.05) is 19.0 Å². The zero-order valence-electron chi connectivity index (χ0n) is 9.12. The molecule has 0 aromatic heterocycles. The molecule has 2 aliphatic rings. The van der Waals surface area contributed by atoms with Gasteiger partial charge in [-0.25, -0.2) is 0 Å². The molecule has 15 heavy (non-hydrogen) atoms. The van der Waals surface area contributed by atoms with Crippen LogP contribution in [0.1, 0.15) is 29.5 Å². The molecule has 0 radical (unpaired) electrons. The van der Waals surface area contributed by atoms with E-state index >= 15 is 0 Å². The van der Waals surface area contributed by atoms with E-state index in [1.54, 1.807) is 0 Å². The lowest BCUT2D eigenvalue weighted by Gasteiger charge is -2.29. The second-order valence-electron chi connectivity index (χ2n) is 4.45. The van der Waals surface area contributed by atoms with Crippen LogP contribution in [0.5, 0.6) is 0 Å². The fourth-order valence-electron chi connectivity index (χ4n) is 2.84. The minimum Gasteiger partial charge on any atom is -0.372 e. The van der Waals surface area contributed by atoms with Crippen LogP contribution in [0.15, 0.2) is 18.2 Å². The number of aryl methyl sites for hydroxylation is 1. The van der Waals surface area contributed by atoms with Crippen molar-refractivity contribution in [1.29, 1.82) is 0 Å². The maximum atomic E-state index is 5.91.